The van der Waals surface area contributed by atoms with E-state index in [1.165, 1.54) is 6.08 Å². The van der Waals surface area contributed by atoms with Crippen LogP contribution in [-0.4, -0.2) is 25.5 Å². The summed E-state index contributed by atoms with van der Waals surface area (Å²) >= 11 is 5.83. The molecule has 0 heterocycles. The van der Waals surface area contributed by atoms with Gasteiger partial charge in [0, 0.05) is 16.4 Å². The number of nitrogens with zero attached hydrogens (tertiary/aromatic N) is 1. The summed E-state index contributed by atoms with van der Waals surface area (Å²) in [4.78, 5) is 24.4. The highest BCUT2D eigenvalue weighted by Crippen LogP contribution is 2.18. The number of anilines is 2. The Morgan fingerprint density at radius 2 is 1.48 bits per heavy atom. The van der Waals surface area contributed by atoms with Crippen molar-refractivity contribution in [3.8, 4) is 17.6 Å². The minimum Gasteiger partial charge on any atom is -0.497 e. The van der Waals surface area contributed by atoms with Crippen LogP contribution in [0.4, 0.5) is 11.4 Å². The quantitative estimate of drug-likeness (QED) is 0.366. The van der Waals surface area contributed by atoms with Crippen molar-refractivity contribution in [2.45, 2.75) is 0 Å². The third kappa shape index (κ3) is 7.13. The van der Waals surface area contributed by atoms with Crippen LogP contribution in [-0.2, 0) is 9.59 Å². The Morgan fingerprint density at radius 1 is 0.909 bits per heavy atom. The van der Waals surface area contributed by atoms with E-state index < -0.39 is 5.91 Å². The smallest absolute Gasteiger partial charge is 0.266 e. The number of benzene rings is 3. The fourth-order valence-electron chi connectivity index (χ4n) is 2.73. The van der Waals surface area contributed by atoms with Gasteiger partial charge < -0.3 is 20.1 Å². The van der Waals surface area contributed by atoms with Crippen LogP contribution in [0.15, 0.2) is 78.4 Å². The van der Waals surface area contributed by atoms with Crippen LogP contribution in [0.25, 0.3) is 6.08 Å². The summed E-state index contributed by atoms with van der Waals surface area (Å²) in [6, 6.07) is 22.1. The van der Waals surface area contributed by atoms with Crippen molar-refractivity contribution < 1.29 is 19.1 Å². The molecule has 0 aromatic heterocycles. The third-order valence-corrected chi connectivity index (χ3v) is 4.65. The molecule has 3 aromatic carbocycles. The van der Waals surface area contributed by atoms with Gasteiger partial charge in [-0.05, 0) is 72.3 Å². The second-order valence-corrected chi connectivity index (χ2v) is 7.20. The van der Waals surface area contributed by atoms with E-state index in [1.54, 1.807) is 79.9 Å². The molecule has 3 aromatic rings. The molecule has 8 heteroatoms. The molecule has 2 N–H and O–H groups in total. The molecule has 3 rings (SSSR count). The summed E-state index contributed by atoms with van der Waals surface area (Å²) in [6.45, 7) is -0.172. The van der Waals surface area contributed by atoms with Crippen LogP contribution in [0.5, 0.6) is 11.5 Å². The van der Waals surface area contributed by atoms with E-state index in [0.29, 0.717) is 33.5 Å². The summed E-state index contributed by atoms with van der Waals surface area (Å²) in [5, 5.41) is 15.3. The second-order valence-electron chi connectivity index (χ2n) is 6.77. The predicted molar refractivity (Wildman–Crippen MR) is 127 cm³/mol. The SMILES string of the molecule is COc1ccc(NC(=O)COc2ccc(/C=C(/C#N)C(=O)Nc3ccc(Cl)cc3)cc2)cc1. The second kappa shape index (κ2) is 11.4. The number of methoxy groups -OCH3 is 1. The number of nitrogens with one attached hydrogen (secondary N) is 2. The first kappa shape index (κ1) is 23.4. The van der Waals surface area contributed by atoms with E-state index in [2.05, 4.69) is 10.6 Å². The molecule has 7 nitrogen and oxygen atoms in total. The topological polar surface area (TPSA) is 100 Å². The fourth-order valence-corrected chi connectivity index (χ4v) is 2.85. The molecule has 2 amide bonds. The molecule has 0 aliphatic carbocycles. The van der Waals surface area contributed by atoms with Crippen LogP contribution < -0.4 is 20.1 Å². The monoisotopic (exact) mass is 461 g/mol. The van der Waals surface area contributed by atoms with Crippen LogP contribution in [0, 0.1) is 11.3 Å². The van der Waals surface area contributed by atoms with Crippen LogP contribution in [0.3, 0.4) is 0 Å². The van der Waals surface area contributed by atoms with Crippen molar-refractivity contribution in [3.05, 3.63) is 89.0 Å². The van der Waals surface area contributed by atoms with Crippen LogP contribution in [0.2, 0.25) is 5.02 Å². The zero-order valence-corrected chi connectivity index (χ0v) is 18.4. The van der Waals surface area contributed by atoms with E-state index in [-0.39, 0.29) is 18.1 Å². The fraction of sp³-hybridized carbons (Fsp3) is 0.0800. The lowest BCUT2D eigenvalue weighted by Gasteiger charge is -2.08. The first-order valence-electron chi connectivity index (χ1n) is 9.82. The summed E-state index contributed by atoms with van der Waals surface area (Å²) in [5.74, 6) is 0.326. The van der Waals surface area contributed by atoms with Gasteiger partial charge in [-0.2, -0.15) is 5.26 Å². The van der Waals surface area contributed by atoms with E-state index in [0.717, 1.165) is 0 Å². The van der Waals surface area contributed by atoms with Gasteiger partial charge in [0.1, 0.15) is 23.1 Å². The molecule has 0 unspecified atom stereocenters. The first-order chi connectivity index (χ1) is 16.0. The van der Waals surface area contributed by atoms with Gasteiger partial charge in [-0.3, -0.25) is 9.59 Å². The van der Waals surface area contributed by atoms with Crippen molar-refractivity contribution in [1.82, 2.24) is 0 Å². The molecule has 0 bridgehead atoms. The van der Waals surface area contributed by atoms with Crippen LogP contribution in [0.1, 0.15) is 5.56 Å². The minimum atomic E-state index is -0.532. The number of hydrogen-bond donors (Lipinski definition) is 2. The standard InChI is InChI=1S/C25H20ClN3O4/c1-32-22-12-8-20(9-13-22)28-24(30)16-33-23-10-2-17(3-11-23)14-18(15-27)25(31)29-21-6-4-19(26)5-7-21/h2-14H,16H2,1H3,(H,28,30)(H,29,31)/b18-14-. The molecule has 0 aliphatic heterocycles. The zero-order chi connectivity index (χ0) is 23.6. The number of nitriles is 1. The molecule has 0 atom stereocenters. The molecule has 166 valence electrons. The Balaban J connectivity index is 1.55. The maximum Gasteiger partial charge on any atom is 0.266 e. The normalized spacial score (nSPS) is 10.6. The van der Waals surface area contributed by atoms with E-state index in [4.69, 9.17) is 21.1 Å². The molecule has 0 saturated carbocycles. The van der Waals surface area contributed by atoms with Gasteiger partial charge in [0.05, 0.1) is 7.11 Å². The van der Waals surface area contributed by atoms with E-state index >= 15 is 0 Å². The van der Waals surface area contributed by atoms with Crippen molar-refractivity contribution >= 4 is 40.9 Å². The van der Waals surface area contributed by atoms with Gasteiger partial charge in [0.25, 0.3) is 11.8 Å². The highest BCUT2D eigenvalue weighted by Gasteiger charge is 2.10. The molecule has 0 radical (unpaired) electrons. The first-order valence-corrected chi connectivity index (χ1v) is 10.2. The number of carbonyl (C=O) groups is 2. The van der Waals surface area contributed by atoms with E-state index in [9.17, 15) is 14.9 Å². The van der Waals surface area contributed by atoms with E-state index in [1.807, 2.05) is 6.07 Å². The number of hydrogen-bond acceptors (Lipinski definition) is 5. The van der Waals surface area contributed by atoms with Crippen molar-refractivity contribution in [2.24, 2.45) is 0 Å². The van der Waals surface area contributed by atoms with Gasteiger partial charge in [-0.15, -0.1) is 0 Å². The molecule has 0 fully saturated rings. The molecule has 0 spiro atoms. The summed E-state index contributed by atoms with van der Waals surface area (Å²) in [5.41, 5.74) is 1.73. The molecule has 0 saturated heterocycles. The maximum absolute atomic E-state index is 12.4. The molecular formula is C25H20ClN3O4. The lowest BCUT2D eigenvalue weighted by Crippen LogP contribution is -2.20. The lowest BCUT2D eigenvalue weighted by molar-refractivity contribution is -0.118. The summed E-state index contributed by atoms with van der Waals surface area (Å²) in [6.07, 6.45) is 1.46. The third-order valence-electron chi connectivity index (χ3n) is 4.40. The number of halogens is 1. The summed E-state index contributed by atoms with van der Waals surface area (Å²) in [7, 11) is 1.57. The number of ether oxygens (including phenoxy) is 2. The Kier molecular flexibility index (Phi) is 8.06. The average molecular weight is 462 g/mol. The zero-order valence-electron chi connectivity index (χ0n) is 17.7. The lowest BCUT2D eigenvalue weighted by atomic mass is 10.1. The Morgan fingerprint density at radius 3 is 2.09 bits per heavy atom. The highest BCUT2D eigenvalue weighted by atomic mass is 35.5. The largest absolute Gasteiger partial charge is 0.497 e. The van der Waals surface area contributed by atoms with Gasteiger partial charge in [0.2, 0.25) is 0 Å². The van der Waals surface area contributed by atoms with Gasteiger partial charge >= 0.3 is 0 Å². The van der Waals surface area contributed by atoms with Crippen molar-refractivity contribution in [1.29, 1.82) is 5.26 Å². The number of rotatable bonds is 8. The predicted octanol–water partition coefficient (Wildman–Crippen LogP) is 4.91. The van der Waals surface area contributed by atoms with Crippen molar-refractivity contribution in [2.75, 3.05) is 24.4 Å². The molecule has 33 heavy (non-hydrogen) atoms. The Hall–Kier alpha value is -4.28. The Bertz CT molecular complexity index is 1180. The summed E-state index contributed by atoms with van der Waals surface area (Å²) < 4.78 is 10.6. The van der Waals surface area contributed by atoms with Gasteiger partial charge in [-0.25, -0.2) is 0 Å². The van der Waals surface area contributed by atoms with Crippen LogP contribution >= 0.6 is 11.6 Å². The molecular weight excluding hydrogens is 442 g/mol. The molecule has 0 aliphatic rings. The van der Waals surface area contributed by atoms with Gasteiger partial charge in [0.15, 0.2) is 6.61 Å². The highest BCUT2D eigenvalue weighted by molar-refractivity contribution is 6.30. The van der Waals surface area contributed by atoms with Gasteiger partial charge in [-0.1, -0.05) is 23.7 Å². The number of amides is 2. The minimum absolute atomic E-state index is 0.0579. The Labute approximate surface area is 196 Å². The maximum atomic E-state index is 12.4. The number of carbonyl (C=O) groups excluding carboxylic acids is 2. The van der Waals surface area contributed by atoms with Crippen molar-refractivity contribution in [3.63, 3.8) is 0 Å². The average Bonchev–Trinajstić information content (AvgIpc) is 2.83.